The minimum Gasteiger partial charge on any atom is -0.310 e. The largest absolute Gasteiger partial charge is 0.310 e. The molecule has 0 aliphatic rings. The highest BCUT2D eigenvalue weighted by atomic mass is 15.1. The van der Waals surface area contributed by atoms with Crippen LogP contribution in [0.25, 0.3) is 87.2 Å². The first-order valence-electron chi connectivity index (χ1n) is 23.0. The maximum atomic E-state index is 10.0. The maximum absolute atomic E-state index is 10.0. The minimum atomic E-state index is -0.399. The van der Waals surface area contributed by atoms with Crippen LogP contribution < -0.4 is 4.90 Å². The lowest BCUT2D eigenvalue weighted by Gasteiger charge is -2.28. The van der Waals surface area contributed by atoms with E-state index in [9.17, 15) is 11.0 Å². The van der Waals surface area contributed by atoms with Gasteiger partial charge in [0.1, 0.15) is 0 Å². The molecule has 0 N–H and O–H groups in total. The lowest BCUT2D eigenvalue weighted by atomic mass is 9.85. The molecule has 0 radical (unpaired) electrons. The van der Waals surface area contributed by atoms with Crippen LogP contribution in [0.1, 0.15) is 11.0 Å². The fourth-order valence-corrected chi connectivity index (χ4v) is 8.42. The van der Waals surface area contributed by atoms with Gasteiger partial charge in [-0.1, -0.05) is 194 Å². The molecule has 1 heteroatoms. The van der Waals surface area contributed by atoms with Gasteiger partial charge in [0.2, 0.25) is 0 Å². The molecule has 0 aromatic heterocycles. The maximum Gasteiger partial charge on any atom is 0.0645 e. The van der Waals surface area contributed by atoms with Gasteiger partial charge in [-0.2, -0.15) is 0 Å². The molecule has 11 aromatic rings. The fourth-order valence-electron chi connectivity index (χ4n) is 8.42. The summed E-state index contributed by atoms with van der Waals surface area (Å²) in [5.41, 5.74) is 2.94. The Bertz CT molecular complexity index is 3710. The van der Waals surface area contributed by atoms with E-state index in [2.05, 4.69) is 6.07 Å². The third kappa shape index (κ3) is 5.55. The molecule has 57 heavy (non-hydrogen) atoms. The summed E-state index contributed by atoms with van der Waals surface area (Å²) < 4.78 is 78.9. The molecule has 0 atom stereocenters. The lowest BCUT2D eigenvalue weighted by molar-refractivity contribution is 1.30. The number of benzene rings is 11. The van der Waals surface area contributed by atoms with Gasteiger partial charge >= 0.3 is 0 Å². The first kappa shape index (κ1) is 25.6. The highest BCUT2D eigenvalue weighted by molar-refractivity contribution is 6.22. The fraction of sp³-hybridized carbons (Fsp3) is 0. The van der Waals surface area contributed by atoms with Gasteiger partial charge in [-0.15, -0.1) is 0 Å². The molecule has 1 nitrogen and oxygen atoms in total. The van der Waals surface area contributed by atoms with E-state index < -0.39 is 12.1 Å². The van der Waals surface area contributed by atoms with Gasteiger partial charge in [0, 0.05) is 16.8 Å². The van der Waals surface area contributed by atoms with Crippen molar-refractivity contribution < 1.29 is 11.0 Å². The summed E-state index contributed by atoms with van der Waals surface area (Å²) in [6, 6.07) is 53.3. The van der Waals surface area contributed by atoms with Crippen molar-refractivity contribution in [3.63, 3.8) is 0 Å². The molecular weight excluding hydrogens is 687 g/mol. The van der Waals surface area contributed by atoms with Gasteiger partial charge in [-0.05, 0) is 112 Å². The average Bonchev–Trinajstić information content (AvgIpc) is 3.35. The van der Waals surface area contributed by atoms with Gasteiger partial charge in [0.05, 0.1) is 16.7 Å². The van der Waals surface area contributed by atoms with Crippen LogP contribution in [0.15, 0.2) is 224 Å². The molecule has 11 rings (SSSR count). The standard InChI is InChI=1S/C56H37N/c1-2-16-40(17-3-1)55-52-26-12-9-23-49(52)50-24-10-13-27-53(50)56(55)41-31-35-44(36-32-41)57(54-37-42-18-5-7-21-47(42)48-22-8-11-25-51(48)54)43-33-29-39(30-34-43)46-28-14-19-38-15-4-6-20-45(38)46/h1-37H/i29D,30D,31D,32D,33D,34D,35D,36D. The zero-order valence-electron chi connectivity index (χ0n) is 38.7. The molecule has 0 unspecified atom stereocenters. The van der Waals surface area contributed by atoms with Crippen LogP contribution >= 0.6 is 0 Å². The second kappa shape index (κ2) is 13.7. The summed E-state index contributed by atoms with van der Waals surface area (Å²) in [6.07, 6.45) is 0. The predicted molar refractivity (Wildman–Crippen MR) is 245 cm³/mol. The third-order valence-corrected chi connectivity index (χ3v) is 11.0. The second-order valence-electron chi connectivity index (χ2n) is 14.2. The van der Waals surface area contributed by atoms with Gasteiger partial charge in [-0.25, -0.2) is 0 Å². The van der Waals surface area contributed by atoms with Crippen molar-refractivity contribution in [2.45, 2.75) is 0 Å². The van der Waals surface area contributed by atoms with Crippen LogP contribution in [-0.4, -0.2) is 0 Å². The van der Waals surface area contributed by atoms with Crippen molar-refractivity contribution in [2.75, 3.05) is 4.90 Å². The summed E-state index contributed by atoms with van der Waals surface area (Å²) in [6.45, 7) is 0. The van der Waals surface area contributed by atoms with Crippen molar-refractivity contribution in [2.24, 2.45) is 0 Å². The smallest absolute Gasteiger partial charge is 0.0645 e. The van der Waals surface area contributed by atoms with Crippen molar-refractivity contribution in [3.05, 3.63) is 224 Å². The molecule has 0 aliphatic carbocycles. The van der Waals surface area contributed by atoms with Crippen LogP contribution in [0.5, 0.6) is 0 Å². The molecule has 0 fully saturated rings. The van der Waals surface area contributed by atoms with E-state index in [1.54, 1.807) is 6.07 Å². The molecule has 0 amide bonds. The first-order valence-corrected chi connectivity index (χ1v) is 19.0. The van der Waals surface area contributed by atoms with Crippen LogP contribution in [0, 0.1) is 0 Å². The number of hydrogen-bond acceptors (Lipinski definition) is 1. The van der Waals surface area contributed by atoms with Crippen LogP contribution in [-0.2, 0) is 0 Å². The molecule has 0 heterocycles. The Morgan fingerprint density at radius 1 is 0.298 bits per heavy atom. The Morgan fingerprint density at radius 3 is 1.37 bits per heavy atom. The summed E-state index contributed by atoms with van der Waals surface area (Å²) in [5, 5.41) is 8.43. The first-order chi connectivity index (χ1) is 31.7. The molecule has 0 saturated heterocycles. The Hall–Kier alpha value is -7.48. The van der Waals surface area contributed by atoms with Crippen molar-refractivity contribution in [1.29, 1.82) is 0 Å². The highest BCUT2D eigenvalue weighted by Crippen LogP contribution is 2.47. The van der Waals surface area contributed by atoms with Crippen LogP contribution in [0.2, 0.25) is 0 Å². The zero-order valence-corrected chi connectivity index (χ0v) is 30.7. The summed E-state index contributed by atoms with van der Waals surface area (Å²) >= 11 is 0. The normalized spacial score (nSPS) is 13.5. The quantitative estimate of drug-likeness (QED) is 0.154. The van der Waals surface area contributed by atoms with E-state index in [1.807, 2.05) is 164 Å². The number of anilines is 3. The third-order valence-electron chi connectivity index (χ3n) is 11.0. The Labute approximate surface area is 343 Å². The Morgan fingerprint density at radius 2 is 0.737 bits per heavy atom. The lowest BCUT2D eigenvalue weighted by Crippen LogP contribution is -2.10. The highest BCUT2D eigenvalue weighted by Gasteiger charge is 2.20. The van der Waals surface area contributed by atoms with E-state index >= 15 is 0 Å². The monoisotopic (exact) mass is 731 g/mol. The van der Waals surface area contributed by atoms with Crippen LogP contribution in [0.4, 0.5) is 17.1 Å². The van der Waals surface area contributed by atoms with E-state index in [0.717, 1.165) is 59.6 Å². The number of hydrogen-bond donors (Lipinski definition) is 0. The van der Waals surface area contributed by atoms with E-state index in [-0.39, 0.29) is 58.8 Å². The summed E-state index contributed by atoms with van der Waals surface area (Å²) in [7, 11) is 0. The molecule has 266 valence electrons. The molecule has 0 aliphatic heterocycles. The molecular formula is C56H37N. The van der Waals surface area contributed by atoms with Crippen molar-refractivity contribution in [1.82, 2.24) is 0 Å². The zero-order chi connectivity index (χ0) is 44.7. The van der Waals surface area contributed by atoms with Gasteiger partial charge < -0.3 is 4.90 Å². The Kier molecular flexibility index (Phi) is 6.13. The van der Waals surface area contributed by atoms with Crippen LogP contribution in [0.3, 0.4) is 0 Å². The number of rotatable bonds is 6. The topological polar surface area (TPSA) is 3.24 Å². The second-order valence-corrected chi connectivity index (χ2v) is 14.2. The predicted octanol–water partition coefficient (Wildman–Crippen LogP) is 15.9. The van der Waals surface area contributed by atoms with Gasteiger partial charge in [0.15, 0.2) is 0 Å². The van der Waals surface area contributed by atoms with Crippen molar-refractivity contribution in [3.8, 4) is 33.4 Å². The Balaban J connectivity index is 1.26. The molecule has 0 saturated carbocycles. The molecule has 0 spiro atoms. The molecule has 0 bridgehead atoms. The summed E-state index contributed by atoms with van der Waals surface area (Å²) in [5.74, 6) is 0. The number of nitrogens with zero attached hydrogens (tertiary/aromatic N) is 1. The van der Waals surface area contributed by atoms with Gasteiger partial charge in [0.25, 0.3) is 0 Å². The van der Waals surface area contributed by atoms with E-state index in [0.29, 0.717) is 22.2 Å². The number of fused-ring (bicyclic) bond motifs is 7. The van der Waals surface area contributed by atoms with Crippen molar-refractivity contribution >= 4 is 70.9 Å². The van der Waals surface area contributed by atoms with E-state index in [1.165, 1.54) is 4.90 Å². The summed E-state index contributed by atoms with van der Waals surface area (Å²) in [4.78, 5) is 1.43. The molecule has 11 aromatic carbocycles. The average molecular weight is 732 g/mol. The van der Waals surface area contributed by atoms with Gasteiger partial charge in [-0.3, -0.25) is 0 Å². The minimum absolute atomic E-state index is 0.110. The SMILES string of the molecule is [2H]c1c([2H])c(N(c2c([2H])c([2H])c(-c3c(-c4ccccc4)c4ccccc4c4ccccc34)c([2H])c2[2H])c2cc3ccccc3c3ccccc23)c([2H])c([2H])c1-c1cccc2ccccc12. The van der Waals surface area contributed by atoms with E-state index in [4.69, 9.17) is 0 Å².